The van der Waals surface area contributed by atoms with E-state index in [1.165, 1.54) is 4.90 Å². The first-order chi connectivity index (χ1) is 13.9. The van der Waals surface area contributed by atoms with Crippen LogP contribution in [0.1, 0.15) is 11.1 Å². The summed E-state index contributed by atoms with van der Waals surface area (Å²) in [5.74, 6) is 1.44. The summed E-state index contributed by atoms with van der Waals surface area (Å²) in [7, 11) is 1.56. The number of fused-ring (bicyclic) bond motifs is 1. The summed E-state index contributed by atoms with van der Waals surface area (Å²) in [4.78, 5) is 23.0. The van der Waals surface area contributed by atoms with Gasteiger partial charge in [0.05, 0.1) is 24.4 Å². The highest BCUT2D eigenvalue weighted by atomic mass is 35.5. The number of nitrogens with zero attached hydrogens (tertiary/aromatic N) is 3. The molecule has 0 saturated heterocycles. The molecule has 4 N–H and O–H groups in total. The fourth-order valence-electron chi connectivity index (χ4n) is 3.01. The third-order valence-corrected chi connectivity index (χ3v) is 4.95. The van der Waals surface area contributed by atoms with Crippen molar-refractivity contribution in [2.24, 2.45) is 0 Å². The second kappa shape index (κ2) is 7.48. The predicted molar refractivity (Wildman–Crippen MR) is 114 cm³/mol. The summed E-state index contributed by atoms with van der Waals surface area (Å²) >= 11 is 6.29. The van der Waals surface area contributed by atoms with Crippen LogP contribution in [0.5, 0.6) is 5.75 Å². The second-order valence-electron chi connectivity index (χ2n) is 6.60. The number of nitrogen functional groups attached to an aromatic ring is 1. The van der Waals surface area contributed by atoms with Gasteiger partial charge in [-0.3, -0.25) is 10.2 Å². The van der Waals surface area contributed by atoms with Crippen molar-refractivity contribution in [3.05, 3.63) is 58.7 Å². The van der Waals surface area contributed by atoms with Crippen molar-refractivity contribution in [2.45, 2.75) is 13.5 Å². The van der Waals surface area contributed by atoms with Gasteiger partial charge in [-0.05, 0) is 42.8 Å². The van der Waals surface area contributed by atoms with E-state index in [9.17, 15) is 4.79 Å². The van der Waals surface area contributed by atoms with Gasteiger partial charge in [0.25, 0.3) is 0 Å². The number of carbonyl (C=O) groups excluding carboxylic acids is 1. The molecule has 0 unspecified atom stereocenters. The van der Waals surface area contributed by atoms with Gasteiger partial charge < -0.3 is 15.8 Å². The zero-order valence-corrected chi connectivity index (χ0v) is 16.6. The molecule has 0 atom stereocenters. The molecule has 8 nitrogen and oxygen atoms in total. The van der Waals surface area contributed by atoms with Crippen LogP contribution in [-0.2, 0) is 6.54 Å². The van der Waals surface area contributed by atoms with E-state index in [-0.39, 0.29) is 12.6 Å². The lowest BCUT2D eigenvalue weighted by molar-refractivity contribution is 0.256. The number of halogens is 1. The molecule has 4 rings (SSSR count). The number of anilines is 5. The summed E-state index contributed by atoms with van der Waals surface area (Å²) in [5.41, 5.74) is 9.64. The average molecular weight is 411 g/mol. The van der Waals surface area contributed by atoms with E-state index < -0.39 is 0 Å². The van der Waals surface area contributed by atoms with E-state index in [2.05, 4.69) is 20.6 Å². The maximum atomic E-state index is 12.7. The van der Waals surface area contributed by atoms with Crippen LogP contribution in [-0.4, -0.2) is 23.1 Å². The number of aromatic nitrogens is 2. The molecule has 1 aliphatic heterocycles. The predicted octanol–water partition coefficient (Wildman–Crippen LogP) is 4.32. The lowest BCUT2D eigenvalue weighted by Crippen LogP contribution is -2.39. The molecule has 148 valence electrons. The number of ether oxygens (including phenoxy) is 1. The largest absolute Gasteiger partial charge is 0.497 e. The SMILES string of the molecule is COc1ccc(Cl)c(N2Cc3cnc(Nc4ccc(N)c(C)c4)nc3NC2=O)c1. The summed E-state index contributed by atoms with van der Waals surface area (Å²) in [5, 5.41) is 6.37. The van der Waals surface area contributed by atoms with Gasteiger partial charge in [-0.25, -0.2) is 9.78 Å². The lowest BCUT2D eigenvalue weighted by atomic mass is 10.2. The zero-order valence-electron chi connectivity index (χ0n) is 15.9. The number of methoxy groups -OCH3 is 1. The highest BCUT2D eigenvalue weighted by molar-refractivity contribution is 6.34. The second-order valence-corrected chi connectivity index (χ2v) is 7.00. The van der Waals surface area contributed by atoms with Gasteiger partial charge in [0.1, 0.15) is 11.6 Å². The van der Waals surface area contributed by atoms with E-state index in [0.717, 1.165) is 16.8 Å². The van der Waals surface area contributed by atoms with Gasteiger partial charge >= 0.3 is 6.03 Å². The Balaban J connectivity index is 1.59. The average Bonchev–Trinajstić information content (AvgIpc) is 2.71. The quantitative estimate of drug-likeness (QED) is 0.553. The molecule has 2 amide bonds. The number of rotatable bonds is 4. The Bertz CT molecular complexity index is 1100. The molecule has 0 bridgehead atoms. The number of hydrogen-bond donors (Lipinski definition) is 3. The molecule has 2 heterocycles. The van der Waals surface area contributed by atoms with Crippen LogP contribution < -0.4 is 26.0 Å². The van der Waals surface area contributed by atoms with Crippen LogP contribution in [0.2, 0.25) is 5.02 Å². The molecule has 0 spiro atoms. The number of nitrogens with two attached hydrogens (primary N) is 1. The van der Waals surface area contributed by atoms with E-state index >= 15 is 0 Å². The molecule has 2 aromatic carbocycles. The number of amides is 2. The van der Waals surface area contributed by atoms with E-state index in [1.54, 1.807) is 31.5 Å². The first-order valence-corrected chi connectivity index (χ1v) is 9.23. The standard InChI is InChI=1S/C20H19ClN6O2/c1-11-7-13(3-6-16(11)22)24-19-23-9-12-10-27(20(28)26-18(12)25-19)17-8-14(29-2)4-5-15(17)21/h3-9H,10,22H2,1-2H3,(H2,23,24,25,26,28). The Morgan fingerprint density at radius 2 is 2.10 bits per heavy atom. The first kappa shape index (κ1) is 18.8. The summed E-state index contributed by atoms with van der Waals surface area (Å²) in [6.45, 7) is 2.21. The third kappa shape index (κ3) is 3.74. The number of carbonyl (C=O) groups is 1. The fraction of sp³-hybridized carbons (Fsp3) is 0.150. The Hall–Kier alpha value is -3.52. The van der Waals surface area contributed by atoms with Crippen LogP contribution in [0.4, 0.5) is 33.6 Å². The first-order valence-electron chi connectivity index (χ1n) is 8.85. The van der Waals surface area contributed by atoms with Crippen LogP contribution in [0.3, 0.4) is 0 Å². The van der Waals surface area contributed by atoms with Crippen LogP contribution in [0.25, 0.3) is 0 Å². The zero-order chi connectivity index (χ0) is 20.5. The maximum Gasteiger partial charge on any atom is 0.327 e. The maximum absolute atomic E-state index is 12.7. The normalized spacial score (nSPS) is 12.9. The number of urea groups is 1. The van der Waals surface area contributed by atoms with E-state index in [0.29, 0.717) is 33.9 Å². The summed E-state index contributed by atoms with van der Waals surface area (Å²) < 4.78 is 5.24. The van der Waals surface area contributed by atoms with Crippen molar-refractivity contribution in [3.8, 4) is 5.75 Å². The van der Waals surface area contributed by atoms with E-state index in [4.69, 9.17) is 22.1 Å². The Morgan fingerprint density at radius 3 is 2.86 bits per heavy atom. The third-order valence-electron chi connectivity index (χ3n) is 4.63. The van der Waals surface area contributed by atoms with Crippen molar-refractivity contribution >= 4 is 46.5 Å². The van der Waals surface area contributed by atoms with Gasteiger partial charge in [-0.1, -0.05) is 11.6 Å². The monoisotopic (exact) mass is 410 g/mol. The van der Waals surface area contributed by atoms with Crippen molar-refractivity contribution in [1.29, 1.82) is 0 Å². The summed E-state index contributed by atoms with van der Waals surface area (Å²) in [6.07, 6.45) is 1.68. The molecular weight excluding hydrogens is 392 g/mol. The summed E-state index contributed by atoms with van der Waals surface area (Å²) in [6, 6.07) is 10.4. The van der Waals surface area contributed by atoms with Crippen LogP contribution in [0, 0.1) is 6.92 Å². The minimum atomic E-state index is -0.333. The number of aryl methyl sites for hydroxylation is 1. The Kier molecular flexibility index (Phi) is 4.85. The lowest BCUT2D eigenvalue weighted by Gasteiger charge is -2.29. The Labute approximate surface area is 172 Å². The molecule has 9 heteroatoms. The van der Waals surface area contributed by atoms with Crippen LogP contribution >= 0.6 is 11.6 Å². The molecule has 0 aliphatic carbocycles. The van der Waals surface area contributed by atoms with Gasteiger partial charge in [0.15, 0.2) is 0 Å². The molecule has 0 radical (unpaired) electrons. The molecule has 3 aromatic rings. The minimum Gasteiger partial charge on any atom is -0.497 e. The molecule has 0 fully saturated rings. The molecular formula is C20H19ClN6O2. The molecule has 1 aromatic heterocycles. The highest BCUT2D eigenvalue weighted by Gasteiger charge is 2.27. The fourth-order valence-corrected chi connectivity index (χ4v) is 3.22. The van der Waals surface area contributed by atoms with Gasteiger partial charge in [-0.2, -0.15) is 4.98 Å². The Morgan fingerprint density at radius 1 is 1.28 bits per heavy atom. The van der Waals surface area contributed by atoms with Gasteiger partial charge in [-0.15, -0.1) is 0 Å². The number of nitrogens with one attached hydrogen (secondary N) is 2. The van der Waals surface area contributed by atoms with Crippen molar-refractivity contribution in [3.63, 3.8) is 0 Å². The van der Waals surface area contributed by atoms with E-state index in [1.807, 2.05) is 25.1 Å². The van der Waals surface area contributed by atoms with Gasteiger partial charge in [0.2, 0.25) is 5.95 Å². The minimum absolute atomic E-state index is 0.287. The van der Waals surface area contributed by atoms with Gasteiger partial charge in [0, 0.05) is 29.2 Å². The van der Waals surface area contributed by atoms with Crippen molar-refractivity contribution in [2.75, 3.05) is 28.4 Å². The molecule has 1 aliphatic rings. The number of hydrogen-bond acceptors (Lipinski definition) is 6. The van der Waals surface area contributed by atoms with Crippen LogP contribution in [0.15, 0.2) is 42.6 Å². The number of benzene rings is 2. The molecule has 0 saturated carbocycles. The van der Waals surface area contributed by atoms with Crippen molar-refractivity contribution in [1.82, 2.24) is 9.97 Å². The molecule has 29 heavy (non-hydrogen) atoms. The highest BCUT2D eigenvalue weighted by Crippen LogP contribution is 2.34. The smallest absolute Gasteiger partial charge is 0.327 e. The topological polar surface area (TPSA) is 105 Å². The van der Waals surface area contributed by atoms with Crippen molar-refractivity contribution < 1.29 is 9.53 Å².